The molecular weight excluding hydrogens is 278 g/mol. The Labute approximate surface area is 132 Å². The second-order valence-corrected chi connectivity index (χ2v) is 6.78. The van der Waals surface area contributed by atoms with Crippen LogP contribution in [-0.4, -0.2) is 34.2 Å². The fourth-order valence-corrected chi connectivity index (χ4v) is 3.52. The summed E-state index contributed by atoms with van der Waals surface area (Å²) < 4.78 is 7.87. The SMILES string of the molecule is C[C@@H]1CNC(=O)[C@H](Cc2cn(CCC3CCCCC3)cn2)O1. The van der Waals surface area contributed by atoms with Crippen LogP contribution in [0.2, 0.25) is 0 Å². The fraction of sp³-hybridized carbons (Fsp3) is 0.765. The van der Waals surface area contributed by atoms with Gasteiger partial charge in [0.2, 0.25) is 5.91 Å². The van der Waals surface area contributed by atoms with Crippen LogP contribution in [0.4, 0.5) is 0 Å². The number of aryl methyl sites for hydroxylation is 1. The van der Waals surface area contributed by atoms with Crippen LogP contribution in [-0.2, 0) is 22.5 Å². The minimum Gasteiger partial charge on any atom is -0.363 e. The quantitative estimate of drug-likeness (QED) is 0.908. The van der Waals surface area contributed by atoms with Gasteiger partial charge in [-0.1, -0.05) is 32.1 Å². The molecule has 22 heavy (non-hydrogen) atoms. The minimum atomic E-state index is -0.398. The van der Waals surface area contributed by atoms with Gasteiger partial charge in [-0.3, -0.25) is 4.79 Å². The number of ether oxygens (including phenoxy) is 1. The highest BCUT2D eigenvalue weighted by Crippen LogP contribution is 2.26. The molecule has 2 aliphatic rings. The molecule has 0 unspecified atom stereocenters. The summed E-state index contributed by atoms with van der Waals surface area (Å²) in [5.74, 6) is 0.864. The molecular formula is C17H27N3O2. The van der Waals surface area contributed by atoms with E-state index in [4.69, 9.17) is 4.74 Å². The first-order valence-corrected chi connectivity index (χ1v) is 8.64. The largest absolute Gasteiger partial charge is 0.363 e. The molecule has 1 N–H and O–H groups in total. The topological polar surface area (TPSA) is 56.2 Å². The average Bonchev–Trinajstić information content (AvgIpc) is 2.98. The van der Waals surface area contributed by atoms with Gasteiger partial charge in [0.15, 0.2) is 0 Å². The molecule has 2 atom stereocenters. The molecule has 122 valence electrons. The highest BCUT2D eigenvalue weighted by molar-refractivity contribution is 5.81. The lowest BCUT2D eigenvalue weighted by Crippen LogP contribution is -2.49. The zero-order chi connectivity index (χ0) is 15.4. The number of nitrogens with zero attached hydrogens (tertiary/aromatic N) is 2. The Hall–Kier alpha value is -1.36. The molecule has 0 aromatic carbocycles. The second kappa shape index (κ2) is 7.27. The molecule has 2 heterocycles. The second-order valence-electron chi connectivity index (χ2n) is 6.78. The summed E-state index contributed by atoms with van der Waals surface area (Å²) in [5, 5.41) is 2.88. The van der Waals surface area contributed by atoms with Crippen LogP contribution >= 0.6 is 0 Å². The fourth-order valence-electron chi connectivity index (χ4n) is 3.52. The van der Waals surface area contributed by atoms with Crippen molar-refractivity contribution in [2.24, 2.45) is 5.92 Å². The summed E-state index contributed by atoms with van der Waals surface area (Å²) in [6.45, 7) is 3.62. The maximum absolute atomic E-state index is 11.8. The van der Waals surface area contributed by atoms with E-state index in [1.165, 1.54) is 38.5 Å². The number of imidazole rings is 1. The van der Waals surface area contributed by atoms with E-state index >= 15 is 0 Å². The zero-order valence-corrected chi connectivity index (χ0v) is 13.5. The monoisotopic (exact) mass is 305 g/mol. The van der Waals surface area contributed by atoms with Gasteiger partial charge >= 0.3 is 0 Å². The molecule has 5 nitrogen and oxygen atoms in total. The van der Waals surface area contributed by atoms with Gasteiger partial charge in [-0.25, -0.2) is 4.98 Å². The maximum Gasteiger partial charge on any atom is 0.249 e. The summed E-state index contributed by atoms with van der Waals surface area (Å²) in [5.41, 5.74) is 0.942. The number of rotatable bonds is 5. The van der Waals surface area contributed by atoms with Gasteiger partial charge in [0.05, 0.1) is 18.1 Å². The first-order valence-electron chi connectivity index (χ1n) is 8.64. The van der Waals surface area contributed by atoms with E-state index in [-0.39, 0.29) is 12.0 Å². The van der Waals surface area contributed by atoms with Crippen molar-refractivity contribution in [2.45, 2.75) is 70.6 Å². The van der Waals surface area contributed by atoms with E-state index in [9.17, 15) is 4.79 Å². The van der Waals surface area contributed by atoms with Crippen LogP contribution in [0.3, 0.4) is 0 Å². The molecule has 3 rings (SSSR count). The van der Waals surface area contributed by atoms with Crippen molar-refractivity contribution in [3.63, 3.8) is 0 Å². The van der Waals surface area contributed by atoms with Gasteiger partial charge in [0.1, 0.15) is 6.10 Å². The molecule has 1 aromatic rings. The minimum absolute atomic E-state index is 0.0187. The van der Waals surface area contributed by atoms with Crippen LogP contribution in [0.25, 0.3) is 0 Å². The molecule has 0 radical (unpaired) electrons. The maximum atomic E-state index is 11.8. The predicted octanol–water partition coefficient (Wildman–Crippen LogP) is 2.30. The molecule has 1 aromatic heterocycles. The summed E-state index contributed by atoms with van der Waals surface area (Å²) in [4.78, 5) is 16.2. The molecule has 0 spiro atoms. The van der Waals surface area contributed by atoms with Gasteiger partial charge in [-0.15, -0.1) is 0 Å². The number of carbonyl (C=O) groups is 1. The van der Waals surface area contributed by atoms with E-state index in [0.717, 1.165) is 18.2 Å². The molecule has 5 heteroatoms. The summed E-state index contributed by atoms with van der Waals surface area (Å²) in [6, 6.07) is 0. The molecule has 1 aliphatic heterocycles. The predicted molar refractivity (Wildman–Crippen MR) is 84.5 cm³/mol. The Kier molecular flexibility index (Phi) is 5.13. The van der Waals surface area contributed by atoms with E-state index in [1.54, 1.807) is 0 Å². The van der Waals surface area contributed by atoms with Crippen LogP contribution < -0.4 is 5.32 Å². The number of aromatic nitrogens is 2. The summed E-state index contributed by atoms with van der Waals surface area (Å²) in [7, 11) is 0. The van der Waals surface area contributed by atoms with Gasteiger partial charge in [0, 0.05) is 25.7 Å². The molecule has 2 fully saturated rings. The first kappa shape index (κ1) is 15.5. The van der Waals surface area contributed by atoms with Crippen LogP contribution in [0.1, 0.15) is 51.1 Å². The average molecular weight is 305 g/mol. The van der Waals surface area contributed by atoms with Crippen molar-refractivity contribution in [2.75, 3.05) is 6.54 Å². The van der Waals surface area contributed by atoms with Gasteiger partial charge in [-0.05, 0) is 19.3 Å². The molecule has 1 amide bonds. The normalized spacial score (nSPS) is 26.9. The Morgan fingerprint density at radius 2 is 2.18 bits per heavy atom. The van der Waals surface area contributed by atoms with Crippen LogP contribution in [0.15, 0.2) is 12.5 Å². The summed E-state index contributed by atoms with van der Waals surface area (Å²) >= 11 is 0. The van der Waals surface area contributed by atoms with Crippen molar-refractivity contribution >= 4 is 5.91 Å². The van der Waals surface area contributed by atoms with Crippen LogP contribution in [0.5, 0.6) is 0 Å². The lowest BCUT2D eigenvalue weighted by molar-refractivity contribution is -0.143. The Balaban J connectivity index is 1.49. The van der Waals surface area contributed by atoms with Crippen molar-refractivity contribution < 1.29 is 9.53 Å². The Bertz CT molecular complexity index is 494. The third-order valence-electron chi connectivity index (χ3n) is 4.85. The third-order valence-corrected chi connectivity index (χ3v) is 4.85. The Morgan fingerprint density at radius 1 is 1.36 bits per heavy atom. The Morgan fingerprint density at radius 3 is 3.00 bits per heavy atom. The van der Waals surface area contributed by atoms with Crippen molar-refractivity contribution in [3.8, 4) is 0 Å². The van der Waals surface area contributed by atoms with Gasteiger partial charge < -0.3 is 14.6 Å². The lowest BCUT2D eigenvalue weighted by atomic mass is 9.87. The van der Waals surface area contributed by atoms with Crippen molar-refractivity contribution in [3.05, 3.63) is 18.2 Å². The number of hydrogen-bond donors (Lipinski definition) is 1. The third kappa shape index (κ3) is 4.09. The van der Waals surface area contributed by atoms with E-state index in [0.29, 0.717) is 13.0 Å². The lowest BCUT2D eigenvalue weighted by Gasteiger charge is -2.27. The highest BCUT2D eigenvalue weighted by Gasteiger charge is 2.27. The number of nitrogens with one attached hydrogen (secondary N) is 1. The molecule has 1 saturated carbocycles. The molecule has 1 saturated heterocycles. The number of hydrogen-bond acceptors (Lipinski definition) is 3. The highest BCUT2D eigenvalue weighted by atomic mass is 16.5. The number of carbonyl (C=O) groups excluding carboxylic acids is 1. The molecule has 0 bridgehead atoms. The van der Waals surface area contributed by atoms with Gasteiger partial charge in [-0.2, -0.15) is 0 Å². The van der Waals surface area contributed by atoms with Crippen LogP contribution in [0, 0.1) is 5.92 Å². The number of amides is 1. The van der Waals surface area contributed by atoms with E-state index in [1.807, 2.05) is 13.3 Å². The van der Waals surface area contributed by atoms with Gasteiger partial charge in [0.25, 0.3) is 0 Å². The van der Waals surface area contributed by atoms with E-state index in [2.05, 4.69) is 21.1 Å². The van der Waals surface area contributed by atoms with E-state index < -0.39 is 6.10 Å². The van der Waals surface area contributed by atoms with Crippen molar-refractivity contribution in [1.29, 1.82) is 0 Å². The van der Waals surface area contributed by atoms with Crippen molar-refractivity contribution in [1.82, 2.24) is 14.9 Å². The zero-order valence-electron chi connectivity index (χ0n) is 13.5. The standard InChI is InChI=1S/C17H27N3O2/c1-13-10-18-17(21)16(22-13)9-15-11-20(12-19-15)8-7-14-5-3-2-4-6-14/h11-14,16H,2-10H2,1H3,(H,18,21)/t13-,16+/m1/s1. The first-order chi connectivity index (χ1) is 10.7. The summed E-state index contributed by atoms with van der Waals surface area (Å²) in [6.07, 6.45) is 12.4. The number of morpholine rings is 1. The smallest absolute Gasteiger partial charge is 0.249 e. The molecule has 1 aliphatic carbocycles.